The van der Waals surface area contributed by atoms with Crippen LogP contribution in [-0.4, -0.2) is 20.7 Å². The van der Waals surface area contributed by atoms with Crippen LogP contribution in [0.1, 0.15) is 11.1 Å². The highest BCUT2D eigenvalue weighted by Gasteiger charge is 2.18. The van der Waals surface area contributed by atoms with Crippen LogP contribution in [0.2, 0.25) is 0 Å². The Bertz CT molecular complexity index is 880. The fourth-order valence-electron chi connectivity index (χ4n) is 1.73. The molecule has 3 N–H and O–H groups in total. The molecule has 0 aliphatic carbocycles. The molecule has 0 aliphatic heterocycles. The summed E-state index contributed by atoms with van der Waals surface area (Å²) < 4.78 is 30.6. The molecule has 126 valence electrons. The van der Waals surface area contributed by atoms with Gasteiger partial charge in [0.2, 0.25) is 0 Å². The Kier molecular flexibility index (Phi) is 5.58. The van der Waals surface area contributed by atoms with Crippen LogP contribution in [0.25, 0.3) is 0 Å². The molecule has 0 spiro atoms. The van der Waals surface area contributed by atoms with Gasteiger partial charge in [-0.25, -0.2) is 10.2 Å². The number of hydrogen-bond acceptors (Lipinski definition) is 5. The highest BCUT2D eigenvalue weighted by atomic mass is 79.9. The third-order valence-corrected chi connectivity index (χ3v) is 4.60. The van der Waals surface area contributed by atoms with Crippen LogP contribution in [-0.2, 0) is 10.1 Å². The van der Waals surface area contributed by atoms with Gasteiger partial charge in [0.1, 0.15) is 4.90 Å². The van der Waals surface area contributed by atoms with E-state index in [2.05, 4.69) is 21.0 Å². The van der Waals surface area contributed by atoms with Crippen LogP contribution >= 0.6 is 15.9 Å². The molecule has 0 bridgehead atoms. The van der Waals surface area contributed by atoms with E-state index < -0.39 is 16.1 Å². The van der Waals surface area contributed by atoms with Gasteiger partial charge in [0.25, 0.3) is 0 Å². The second-order valence-corrected chi connectivity index (χ2v) is 7.23. The van der Waals surface area contributed by atoms with Crippen LogP contribution in [0.5, 0.6) is 5.75 Å². The minimum Gasteiger partial charge on any atom is -0.378 e. The van der Waals surface area contributed by atoms with Crippen molar-refractivity contribution in [3.05, 3.63) is 58.1 Å². The van der Waals surface area contributed by atoms with Gasteiger partial charge in [-0.05, 0) is 37.3 Å². The molecule has 0 radical (unpaired) electrons. The molecule has 0 atom stereocenters. The van der Waals surface area contributed by atoms with Crippen molar-refractivity contribution >= 4 is 38.3 Å². The van der Waals surface area contributed by atoms with Crippen molar-refractivity contribution in [2.24, 2.45) is 10.8 Å². The molecule has 2 amide bonds. The number of urea groups is 1. The second kappa shape index (κ2) is 7.45. The number of primary amides is 1. The molecule has 9 heteroatoms. The summed E-state index contributed by atoms with van der Waals surface area (Å²) in [5.74, 6) is 0.0637. The van der Waals surface area contributed by atoms with E-state index in [-0.39, 0.29) is 10.6 Å². The fraction of sp³-hybridized carbons (Fsp3) is 0.0667. The number of hydrazone groups is 1. The first-order chi connectivity index (χ1) is 11.3. The second-order valence-electron chi connectivity index (χ2n) is 4.77. The maximum Gasteiger partial charge on any atom is 0.339 e. The fourth-order valence-corrected chi connectivity index (χ4v) is 3.07. The van der Waals surface area contributed by atoms with Gasteiger partial charge in [-0.15, -0.1) is 0 Å². The van der Waals surface area contributed by atoms with E-state index in [1.165, 1.54) is 24.4 Å². The first kappa shape index (κ1) is 18.0. The zero-order valence-electron chi connectivity index (χ0n) is 12.6. The Morgan fingerprint density at radius 2 is 1.92 bits per heavy atom. The van der Waals surface area contributed by atoms with E-state index in [1.807, 2.05) is 12.3 Å². The molecule has 0 aliphatic rings. The van der Waals surface area contributed by atoms with Crippen LogP contribution in [0.4, 0.5) is 4.79 Å². The van der Waals surface area contributed by atoms with E-state index in [0.29, 0.717) is 10.0 Å². The normalized spacial score (nSPS) is 11.4. The number of rotatable bonds is 5. The Labute approximate surface area is 147 Å². The average molecular weight is 412 g/mol. The molecule has 24 heavy (non-hydrogen) atoms. The number of halogens is 1. The maximum absolute atomic E-state index is 12.4. The first-order valence-corrected chi connectivity index (χ1v) is 8.87. The van der Waals surface area contributed by atoms with Gasteiger partial charge in [0, 0.05) is 10.0 Å². The maximum atomic E-state index is 12.4. The quantitative estimate of drug-likeness (QED) is 0.447. The third kappa shape index (κ3) is 4.80. The number of hydrogen-bond donors (Lipinski definition) is 2. The number of amides is 2. The third-order valence-electron chi connectivity index (χ3n) is 2.86. The van der Waals surface area contributed by atoms with Crippen molar-refractivity contribution in [3.8, 4) is 5.75 Å². The Balaban J connectivity index is 2.33. The molecular formula is C15H14BrN3O4S. The minimum absolute atomic E-state index is 0.0363. The monoisotopic (exact) mass is 411 g/mol. The molecule has 2 aromatic rings. The number of carbonyl (C=O) groups is 1. The van der Waals surface area contributed by atoms with Gasteiger partial charge in [0.15, 0.2) is 5.75 Å². The molecule has 0 heterocycles. The van der Waals surface area contributed by atoms with Crippen LogP contribution < -0.4 is 15.3 Å². The zero-order chi connectivity index (χ0) is 17.7. The zero-order valence-corrected chi connectivity index (χ0v) is 15.0. The smallest absolute Gasteiger partial charge is 0.339 e. The lowest BCUT2D eigenvalue weighted by Crippen LogP contribution is -2.24. The van der Waals surface area contributed by atoms with Gasteiger partial charge < -0.3 is 9.92 Å². The molecule has 2 aromatic carbocycles. The predicted octanol–water partition coefficient (Wildman–Crippen LogP) is 2.53. The highest BCUT2D eigenvalue weighted by molar-refractivity contribution is 9.10. The molecule has 0 saturated heterocycles. The number of benzene rings is 2. The lowest BCUT2D eigenvalue weighted by Gasteiger charge is -2.10. The van der Waals surface area contributed by atoms with Crippen molar-refractivity contribution in [1.29, 1.82) is 0 Å². The Morgan fingerprint density at radius 3 is 2.54 bits per heavy atom. The number of nitrogens with two attached hydrogens (primary N) is 1. The van der Waals surface area contributed by atoms with Gasteiger partial charge in [-0.1, -0.05) is 33.6 Å². The Hall–Kier alpha value is -2.39. The Morgan fingerprint density at radius 1 is 1.25 bits per heavy atom. The standard InChI is InChI=1S/C15H14BrN3O4S/c1-10-2-5-13(6-3-10)24(21,22)23-14-7-4-12(16)8-11(14)9-18-19-15(17)20/h2-9H,1H3,(H3,17,19,20)/b18-9-. The minimum atomic E-state index is -4.00. The van der Waals surface area contributed by atoms with Crippen LogP contribution in [0.3, 0.4) is 0 Å². The van der Waals surface area contributed by atoms with Crippen molar-refractivity contribution in [2.45, 2.75) is 11.8 Å². The lowest BCUT2D eigenvalue weighted by atomic mass is 10.2. The summed E-state index contributed by atoms with van der Waals surface area (Å²) >= 11 is 3.27. The topological polar surface area (TPSA) is 111 Å². The summed E-state index contributed by atoms with van der Waals surface area (Å²) in [7, 11) is -4.00. The molecule has 2 rings (SSSR count). The number of nitrogens with one attached hydrogen (secondary N) is 1. The van der Waals surface area contributed by atoms with E-state index in [4.69, 9.17) is 9.92 Å². The number of carbonyl (C=O) groups excluding carboxylic acids is 1. The summed E-state index contributed by atoms with van der Waals surface area (Å²) in [4.78, 5) is 10.7. The highest BCUT2D eigenvalue weighted by Crippen LogP contribution is 2.25. The summed E-state index contributed by atoms with van der Waals surface area (Å²) in [5.41, 5.74) is 8.22. The van der Waals surface area contributed by atoms with Crippen molar-refractivity contribution in [1.82, 2.24) is 5.43 Å². The molecule has 0 saturated carbocycles. The summed E-state index contributed by atoms with van der Waals surface area (Å²) in [6.07, 6.45) is 1.23. The van der Waals surface area contributed by atoms with Crippen molar-refractivity contribution in [3.63, 3.8) is 0 Å². The summed E-state index contributed by atoms with van der Waals surface area (Å²) in [5, 5.41) is 3.61. The SMILES string of the molecule is Cc1ccc(S(=O)(=O)Oc2ccc(Br)cc2/C=N\NC(N)=O)cc1. The summed E-state index contributed by atoms with van der Waals surface area (Å²) in [6.45, 7) is 1.85. The van der Waals surface area contributed by atoms with E-state index in [0.717, 1.165) is 5.56 Å². The largest absolute Gasteiger partial charge is 0.378 e. The first-order valence-electron chi connectivity index (χ1n) is 6.67. The van der Waals surface area contributed by atoms with Crippen molar-refractivity contribution < 1.29 is 17.4 Å². The van der Waals surface area contributed by atoms with E-state index in [1.54, 1.807) is 24.3 Å². The van der Waals surface area contributed by atoms with E-state index in [9.17, 15) is 13.2 Å². The molecule has 0 unspecified atom stereocenters. The van der Waals surface area contributed by atoms with E-state index >= 15 is 0 Å². The van der Waals surface area contributed by atoms with Crippen LogP contribution in [0.15, 0.2) is 56.9 Å². The van der Waals surface area contributed by atoms with Gasteiger partial charge in [-0.2, -0.15) is 13.5 Å². The van der Waals surface area contributed by atoms with Gasteiger partial charge >= 0.3 is 16.1 Å². The average Bonchev–Trinajstić information content (AvgIpc) is 2.50. The lowest BCUT2D eigenvalue weighted by molar-refractivity contribution is 0.249. The van der Waals surface area contributed by atoms with Crippen LogP contribution in [0, 0.1) is 6.92 Å². The molecular weight excluding hydrogens is 398 g/mol. The number of aryl methyl sites for hydroxylation is 1. The molecule has 0 aromatic heterocycles. The predicted molar refractivity (Wildman–Crippen MR) is 93.4 cm³/mol. The van der Waals surface area contributed by atoms with Crippen molar-refractivity contribution in [2.75, 3.05) is 0 Å². The van der Waals surface area contributed by atoms with Gasteiger partial charge in [-0.3, -0.25) is 0 Å². The summed E-state index contributed by atoms with van der Waals surface area (Å²) in [6, 6.07) is 10.1. The number of nitrogens with zero attached hydrogens (tertiary/aromatic N) is 1. The molecule has 0 fully saturated rings. The van der Waals surface area contributed by atoms with Gasteiger partial charge in [0.05, 0.1) is 6.21 Å². The molecule has 7 nitrogen and oxygen atoms in total.